The Morgan fingerprint density at radius 3 is 2.00 bits per heavy atom. The highest BCUT2D eigenvalue weighted by Crippen LogP contribution is 2.31. The largest absolute Gasteiger partial charge is 0.478 e. The molecule has 21 heavy (non-hydrogen) atoms. The molecule has 0 amide bonds. The summed E-state index contributed by atoms with van der Waals surface area (Å²) in [5.74, 6) is -1.14. The van der Waals surface area contributed by atoms with Crippen LogP contribution in [0.2, 0.25) is 10.0 Å². The van der Waals surface area contributed by atoms with Crippen LogP contribution in [0.25, 0.3) is 0 Å². The summed E-state index contributed by atoms with van der Waals surface area (Å²) in [7, 11) is -3.91. The van der Waals surface area contributed by atoms with Gasteiger partial charge in [0.2, 0.25) is 0 Å². The number of rotatable bonds is 4. The number of hydrogen-bond donors (Lipinski definition) is 2. The Morgan fingerprint density at radius 2 is 1.52 bits per heavy atom. The summed E-state index contributed by atoms with van der Waals surface area (Å²) >= 11 is 11.8. The Kier molecular flexibility index (Phi) is 4.41. The molecule has 0 aliphatic heterocycles. The van der Waals surface area contributed by atoms with Gasteiger partial charge >= 0.3 is 5.97 Å². The maximum absolute atomic E-state index is 12.2. The highest BCUT2D eigenvalue weighted by molar-refractivity contribution is 7.92. The molecule has 0 radical (unpaired) electrons. The molecule has 0 saturated heterocycles. The van der Waals surface area contributed by atoms with Crippen molar-refractivity contribution in [1.82, 2.24) is 0 Å². The van der Waals surface area contributed by atoms with E-state index in [1.807, 2.05) is 0 Å². The highest BCUT2D eigenvalue weighted by atomic mass is 35.5. The van der Waals surface area contributed by atoms with Crippen LogP contribution < -0.4 is 4.72 Å². The predicted molar refractivity (Wildman–Crippen MR) is 80.7 cm³/mol. The second kappa shape index (κ2) is 5.93. The molecule has 2 N–H and O–H groups in total. The number of anilines is 1. The second-order valence-corrected chi connectivity index (χ2v) is 6.53. The second-order valence-electron chi connectivity index (χ2n) is 4.03. The molecule has 0 saturated carbocycles. The molecule has 0 bridgehead atoms. The first kappa shape index (κ1) is 15.6. The zero-order chi connectivity index (χ0) is 15.6. The number of halogens is 2. The van der Waals surface area contributed by atoms with E-state index in [-0.39, 0.29) is 26.2 Å². The molecule has 2 aromatic rings. The molecule has 2 aromatic carbocycles. The number of carbonyl (C=O) groups is 1. The lowest BCUT2D eigenvalue weighted by atomic mass is 10.2. The Labute approximate surface area is 131 Å². The van der Waals surface area contributed by atoms with Crippen molar-refractivity contribution >= 4 is 44.9 Å². The van der Waals surface area contributed by atoms with Crippen molar-refractivity contribution in [3.05, 3.63) is 58.1 Å². The van der Waals surface area contributed by atoms with Crippen molar-refractivity contribution in [1.29, 1.82) is 0 Å². The van der Waals surface area contributed by atoms with Gasteiger partial charge in [0.05, 0.1) is 26.2 Å². The van der Waals surface area contributed by atoms with Gasteiger partial charge in [-0.3, -0.25) is 4.72 Å². The lowest BCUT2D eigenvalue weighted by Crippen LogP contribution is -2.13. The molecule has 0 aliphatic carbocycles. The van der Waals surface area contributed by atoms with Gasteiger partial charge in [-0.2, -0.15) is 0 Å². The number of carboxylic acid groups (broad SMARTS) is 1. The van der Waals surface area contributed by atoms with Crippen LogP contribution in [0.4, 0.5) is 5.69 Å². The van der Waals surface area contributed by atoms with E-state index in [4.69, 9.17) is 28.3 Å². The molecule has 110 valence electrons. The van der Waals surface area contributed by atoms with Gasteiger partial charge in [0.15, 0.2) is 0 Å². The molecule has 0 spiro atoms. The van der Waals surface area contributed by atoms with E-state index in [9.17, 15) is 13.2 Å². The number of hydrogen-bond acceptors (Lipinski definition) is 3. The first-order chi connectivity index (χ1) is 9.81. The van der Waals surface area contributed by atoms with Crippen molar-refractivity contribution < 1.29 is 18.3 Å². The van der Waals surface area contributed by atoms with Crippen molar-refractivity contribution in [2.45, 2.75) is 4.90 Å². The topological polar surface area (TPSA) is 83.5 Å². The van der Waals surface area contributed by atoms with Crippen LogP contribution in [-0.4, -0.2) is 19.5 Å². The first-order valence-electron chi connectivity index (χ1n) is 5.61. The normalized spacial score (nSPS) is 11.1. The number of para-hydroxylation sites is 1. The lowest BCUT2D eigenvalue weighted by molar-refractivity contribution is 0.0697. The fourth-order valence-electron chi connectivity index (χ4n) is 1.57. The summed E-state index contributed by atoms with van der Waals surface area (Å²) in [6.07, 6.45) is 0. The maximum Gasteiger partial charge on any atom is 0.335 e. The number of sulfonamides is 1. The molecule has 5 nitrogen and oxygen atoms in total. The zero-order valence-corrected chi connectivity index (χ0v) is 12.7. The van der Waals surface area contributed by atoms with Crippen LogP contribution in [-0.2, 0) is 10.0 Å². The van der Waals surface area contributed by atoms with Gasteiger partial charge in [-0.25, -0.2) is 13.2 Å². The minimum absolute atomic E-state index is 0.00951. The molecule has 0 aromatic heterocycles. The molecule has 2 rings (SSSR count). The summed E-state index contributed by atoms with van der Waals surface area (Å²) < 4.78 is 26.7. The van der Waals surface area contributed by atoms with Crippen molar-refractivity contribution in [2.75, 3.05) is 4.72 Å². The monoisotopic (exact) mass is 345 g/mol. The third kappa shape index (κ3) is 3.47. The van der Waals surface area contributed by atoms with E-state index in [0.717, 1.165) is 0 Å². The molecule has 8 heteroatoms. The van der Waals surface area contributed by atoms with E-state index in [1.54, 1.807) is 6.07 Å². The fourth-order valence-corrected chi connectivity index (χ4v) is 3.27. The van der Waals surface area contributed by atoms with Gasteiger partial charge in [0.1, 0.15) is 0 Å². The lowest BCUT2D eigenvalue weighted by Gasteiger charge is -2.11. The first-order valence-corrected chi connectivity index (χ1v) is 7.85. The van der Waals surface area contributed by atoms with Crippen LogP contribution in [0, 0.1) is 0 Å². The molecule has 0 atom stereocenters. The summed E-state index contributed by atoms with van der Waals surface area (Å²) in [6, 6.07) is 9.37. The van der Waals surface area contributed by atoms with Gasteiger partial charge < -0.3 is 5.11 Å². The quantitative estimate of drug-likeness (QED) is 0.888. The molecular formula is C13H9Cl2NO4S. The molecule has 0 aliphatic rings. The summed E-state index contributed by atoms with van der Waals surface area (Å²) in [5.41, 5.74) is 0.0628. The van der Waals surface area contributed by atoms with Crippen LogP contribution in [0.1, 0.15) is 10.4 Å². The number of aromatic carboxylic acids is 1. The smallest absolute Gasteiger partial charge is 0.335 e. The van der Waals surface area contributed by atoms with Crippen LogP contribution >= 0.6 is 23.2 Å². The Morgan fingerprint density at radius 1 is 1.00 bits per heavy atom. The van der Waals surface area contributed by atoms with E-state index >= 15 is 0 Å². The third-order valence-corrected chi connectivity index (χ3v) is 4.61. The van der Waals surface area contributed by atoms with E-state index < -0.39 is 16.0 Å². The highest BCUT2D eigenvalue weighted by Gasteiger charge is 2.18. The Bertz CT molecular complexity index is 768. The zero-order valence-electron chi connectivity index (χ0n) is 10.4. The van der Waals surface area contributed by atoms with Crippen molar-refractivity contribution in [3.8, 4) is 0 Å². The standard InChI is InChI=1S/C13H9Cl2NO4S/c14-10-2-1-3-11(15)12(10)16-21(19,20)9-6-4-8(5-7-9)13(17)18/h1-7,16H,(H,17,18). The summed E-state index contributed by atoms with van der Waals surface area (Å²) in [5, 5.41) is 9.11. The van der Waals surface area contributed by atoms with Crippen LogP contribution in [0.3, 0.4) is 0 Å². The van der Waals surface area contributed by atoms with Gasteiger partial charge in [0.25, 0.3) is 10.0 Å². The minimum atomic E-state index is -3.91. The number of carboxylic acids is 1. The Balaban J connectivity index is 2.36. The van der Waals surface area contributed by atoms with E-state index in [1.165, 1.54) is 36.4 Å². The van der Waals surface area contributed by atoms with Crippen molar-refractivity contribution in [2.24, 2.45) is 0 Å². The molecule has 0 unspecified atom stereocenters. The predicted octanol–water partition coefficient (Wildman–Crippen LogP) is 3.49. The maximum atomic E-state index is 12.2. The fraction of sp³-hybridized carbons (Fsp3) is 0. The minimum Gasteiger partial charge on any atom is -0.478 e. The van der Waals surface area contributed by atoms with Gasteiger partial charge in [0, 0.05) is 0 Å². The Hall–Kier alpha value is -1.76. The average molecular weight is 346 g/mol. The van der Waals surface area contributed by atoms with Crippen LogP contribution in [0.5, 0.6) is 0 Å². The van der Waals surface area contributed by atoms with E-state index in [0.29, 0.717) is 0 Å². The van der Waals surface area contributed by atoms with Crippen LogP contribution in [0.15, 0.2) is 47.4 Å². The summed E-state index contributed by atoms with van der Waals surface area (Å²) in [4.78, 5) is 10.6. The molecule has 0 fully saturated rings. The van der Waals surface area contributed by atoms with Gasteiger partial charge in [-0.1, -0.05) is 29.3 Å². The third-order valence-electron chi connectivity index (χ3n) is 2.61. The van der Waals surface area contributed by atoms with Gasteiger partial charge in [-0.15, -0.1) is 0 Å². The average Bonchev–Trinajstić information content (AvgIpc) is 2.43. The number of benzene rings is 2. The SMILES string of the molecule is O=C(O)c1ccc(S(=O)(=O)Nc2c(Cl)cccc2Cl)cc1. The van der Waals surface area contributed by atoms with Gasteiger partial charge in [-0.05, 0) is 36.4 Å². The number of nitrogens with one attached hydrogen (secondary N) is 1. The molecule has 0 heterocycles. The van der Waals surface area contributed by atoms with Crippen molar-refractivity contribution in [3.63, 3.8) is 0 Å². The molecular weight excluding hydrogens is 337 g/mol. The summed E-state index contributed by atoms with van der Waals surface area (Å²) in [6.45, 7) is 0. The van der Waals surface area contributed by atoms with E-state index in [2.05, 4.69) is 4.72 Å².